The Morgan fingerprint density at radius 3 is 2.44 bits per heavy atom. The van der Waals surface area contributed by atoms with Crippen LogP contribution in [0.2, 0.25) is 0 Å². The third kappa shape index (κ3) is 4.40. The molecule has 2 aromatic rings. The van der Waals surface area contributed by atoms with E-state index in [0.29, 0.717) is 13.2 Å². The molecule has 25 heavy (non-hydrogen) atoms. The molecule has 0 saturated heterocycles. The molecule has 0 bridgehead atoms. The Bertz CT molecular complexity index is 694. The van der Waals surface area contributed by atoms with E-state index in [4.69, 9.17) is 10.5 Å². The zero-order chi connectivity index (χ0) is 17.5. The maximum absolute atomic E-state index is 12.3. The first-order chi connectivity index (χ1) is 12.2. The molecule has 0 unspecified atom stereocenters. The van der Waals surface area contributed by atoms with Gasteiger partial charge in [0.15, 0.2) is 0 Å². The summed E-state index contributed by atoms with van der Waals surface area (Å²) in [4.78, 5) is 12.3. The number of amides is 1. The molecule has 3 rings (SSSR count). The Kier molecular flexibility index (Phi) is 5.71. The molecule has 0 heterocycles. The van der Waals surface area contributed by atoms with Gasteiger partial charge in [-0.1, -0.05) is 67.8 Å². The lowest BCUT2D eigenvalue weighted by molar-refractivity contribution is -0.127. The van der Waals surface area contributed by atoms with E-state index < -0.39 is 5.54 Å². The molecule has 0 radical (unpaired) electrons. The van der Waals surface area contributed by atoms with Gasteiger partial charge < -0.3 is 15.8 Å². The number of carbonyl (C=O) groups excluding carboxylic acids is 1. The van der Waals surface area contributed by atoms with E-state index in [0.717, 1.165) is 42.6 Å². The zero-order valence-electron chi connectivity index (χ0n) is 14.5. The van der Waals surface area contributed by atoms with Gasteiger partial charge in [0.05, 0.1) is 12.1 Å². The predicted octanol–water partition coefficient (Wildman–Crippen LogP) is 3.51. The second kappa shape index (κ2) is 8.17. The quantitative estimate of drug-likeness (QED) is 0.792. The van der Waals surface area contributed by atoms with E-state index in [-0.39, 0.29) is 5.91 Å². The Hall–Kier alpha value is -2.33. The zero-order valence-corrected chi connectivity index (χ0v) is 14.5. The number of benzene rings is 2. The number of para-hydroxylation sites is 1. The van der Waals surface area contributed by atoms with Crippen LogP contribution < -0.4 is 15.8 Å². The van der Waals surface area contributed by atoms with Crippen molar-refractivity contribution >= 4 is 5.91 Å². The standard InChI is InChI=1S/C21H26N2O2/c22-21(13-7-2-8-14-21)20(24)23-15-16-25-19-12-6-5-11-18(19)17-9-3-1-4-10-17/h1,3-6,9-12H,2,7-8,13-16,22H2,(H,23,24). The van der Waals surface area contributed by atoms with E-state index >= 15 is 0 Å². The van der Waals surface area contributed by atoms with Crippen molar-refractivity contribution < 1.29 is 9.53 Å². The number of hydrogen-bond donors (Lipinski definition) is 2. The first kappa shape index (κ1) is 17.5. The van der Waals surface area contributed by atoms with Crippen LogP contribution in [0.15, 0.2) is 54.6 Å². The molecule has 2 aromatic carbocycles. The van der Waals surface area contributed by atoms with Gasteiger partial charge in [0.25, 0.3) is 0 Å². The van der Waals surface area contributed by atoms with Gasteiger partial charge in [0.1, 0.15) is 12.4 Å². The van der Waals surface area contributed by atoms with Crippen LogP contribution in [0.1, 0.15) is 32.1 Å². The summed E-state index contributed by atoms with van der Waals surface area (Å²) >= 11 is 0. The third-order valence-electron chi connectivity index (χ3n) is 4.82. The molecule has 132 valence electrons. The second-order valence-corrected chi connectivity index (χ2v) is 6.68. The average molecular weight is 338 g/mol. The van der Waals surface area contributed by atoms with Crippen LogP contribution in [0, 0.1) is 0 Å². The molecule has 1 aliphatic rings. The number of hydrogen-bond acceptors (Lipinski definition) is 3. The maximum Gasteiger partial charge on any atom is 0.240 e. The molecule has 0 aromatic heterocycles. The number of rotatable bonds is 6. The highest BCUT2D eigenvalue weighted by molar-refractivity contribution is 5.86. The lowest BCUT2D eigenvalue weighted by Crippen LogP contribution is -2.55. The fraction of sp³-hybridized carbons (Fsp3) is 0.381. The largest absolute Gasteiger partial charge is 0.491 e. The van der Waals surface area contributed by atoms with Crippen LogP contribution >= 0.6 is 0 Å². The van der Waals surface area contributed by atoms with Crippen LogP contribution in [0.5, 0.6) is 5.75 Å². The van der Waals surface area contributed by atoms with Crippen molar-refractivity contribution in [3.8, 4) is 16.9 Å². The molecular weight excluding hydrogens is 312 g/mol. The highest BCUT2D eigenvalue weighted by atomic mass is 16.5. The van der Waals surface area contributed by atoms with E-state index in [1.165, 1.54) is 6.42 Å². The molecule has 1 fully saturated rings. The summed E-state index contributed by atoms with van der Waals surface area (Å²) in [6.07, 6.45) is 4.79. The van der Waals surface area contributed by atoms with E-state index in [1.54, 1.807) is 0 Å². The first-order valence-electron chi connectivity index (χ1n) is 9.03. The van der Waals surface area contributed by atoms with Crippen molar-refractivity contribution in [1.29, 1.82) is 0 Å². The van der Waals surface area contributed by atoms with E-state index in [1.807, 2.05) is 42.5 Å². The highest BCUT2D eigenvalue weighted by Gasteiger charge is 2.34. The molecule has 0 spiro atoms. The minimum atomic E-state index is -0.694. The minimum Gasteiger partial charge on any atom is -0.491 e. The Balaban J connectivity index is 1.54. The Morgan fingerprint density at radius 1 is 1.00 bits per heavy atom. The van der Waals surface area contributed by atoms with Crippen molar-refractivity contribution in [2.24, 2.45) is 5.73 Å². The summed E-state index contributed by atoms with van der Waals surface area (Å²) in [7, 11) is 0. The summed E-state index contributed by atoms with van der Waals surface area (Å²) in [6, 6.07) is 18.1. The van der Waals surface area contributed by atoms with Gasteiger partial charge in [-0.15, -0.1) is 0 Å². The Labute approximate surface area is 149 Å². The number of carbonyl (C=O) groups is 1. The fourth-order valence-electron chi connectivity index (χ4n) is 3.36. The van der Waals surface area contributed by atoms with Gasteiger partial charge in [-0.05, 0) is 24.5 Å². The average Bonchev–Trinajstić information content (AvgIpc) is 2.66. The molecule has 1 aliphatic carbocycles. The molecular formula is C21H26N2O2. The van der Waals surface area contributed by atoms with Crippen molar-refractivity contribution in [2.75, 3.05) is 13.2 Å². The molecule has 1 amide bonds. The van der Waals surface area contributed by atoms with Crippen molar-refractivity contribution in [1.82, 2.24) is 5.32 Å². The lowest BCUT2D eigenvalue weighted by Gasteiger charge is -2.31. The molecule has 4 nitrogen and oxygen atoms in total. The van der Waals surface area contributed by atoms with E-state index in [9.17, 15) is 4.79 Å². The SMILES string of the molecule is NC1(C(=O)NCCOc2ccccc2-c2ccccc2)CCCCC1. The van der Waals surface area contributed by atoms with Crippen LogP contribution in [-0.2, 0) is 4.79 Å². The molecule has 3 N–H and O–H groups in total. The third-order valence-corrected chi connectivity index (χ3v) is 4.82. The lowest BCUT2D eigenvalue weighted by atomic mass is 9.82. The summed E-state index contributed by atoms with van der Waals surface area (Å²) < 4.78 is 5.91. The van der Waals surface area contributed by atoms with E-state index in [2.05, 4.69) is 17.4 Å². The van der Waals surface area contributed by atoms with Crippen LogP contribution in [0.4, 0.5) is 0 Å². The van der Waals surface area contributed by atoms with Crippen molar-refractivity contribution in [3.63, 3.8) is 0 Å². The molecule has 0 atom stereocenters. The highest BCUT2D eigenvalue weighted by Crippen LogP contribution is 2.29. The monoisotopic (exact) mass is 338 g/mol. The van der Waals surface area contributed by atoms with Gasteiger partial charge in [-0.25, -0.2) is 0 Å². The number of ether oxygens (including phenoxy) is 1. The molecule has 4 heteroatoms. The summed E-state index contributed by atoms with van der Waals surface area (Å²) in [5, 5.41) is 2.93. The van der Waals surface area contributed by atoms with Crippen LogP contribution in [-0.4, -0.2) is 24.6 Å². The number of nitrogens with two attached hydrogens (primary N) is 1. The summed E-state index contributed by atoms with van der Waals surface area (Å²) in [5.74, 6) is 0.773. The van der Waals surface area contributed by atoms with Gasteiger partial charge in [0, 0.05) is 5.56 Å². The minimum absolute atomic E-state index is 0.0489. The summed E-state index contributed by atoms with van der Waals surface area (Å²) in [5.41, 5.74) is 7.72. The van der Waals surface area contributed by atoms with Gasteiger partial charge in [-0.3, -0.25) is 4.79 Å². The van der Waals surface area contributed by atoms with Gasteiger partial charge in [0.2, 0.25) is 5.91 Å². The van der Waals surface area contributed by atoms with Crippen LogP contribution in [0.3, 0.4) is 0 Å². The van der Waals surface area contributed by atoms with Gasteiger partial charge in [-0.2, -0.15) is 0 Å². The van der Waals surface area contributed by atoms with Crippen LogP contribution in [0.25, 0.3) is 11.1 Å². The second-order valence-electron chi connectivity index (χ2n) is 6.68. The number of nitrogens with one attached hydrogen (secondary N) is 1. The topological polar surface area (TPSA) is 64.4 Å². The summed E-state index contributed by atoms with van der Waals surface area (Å²) in [6.45, 7) is 0.882. The van der Waals surface area contributed by atoms with Crippen molar-refractivity contribution in [2.45, 2.75) is 37.6 Å². The smallest absolute Gasteiger partial charge is 0.240 e. The fourth-order valence-corrected chi connectivity index (χ4v) is 3.36. The molecule has 1 saturated carbocycles. The first-order valence-corrected chi connectivity index (χ1v) is 9.03. The normalized spacial score (nSPS) is 16.2. The predicted molar refractivity (Wildman–Crippen MR) is 100 cm³/mol. The van der Waals surface area contributed by atoms with Gasteiger partial charge >= 0.3 is 0 Å². The van der Waals surface area contributed by atoms with Crippen molar-refractivity contribution in [3.05, 3.63) is 54.6 Å². The molecule has 0 aliphatic heterocycles. The maximum atomic E-state index is 12.3. The Morgan fingerprint density at radius 2 is 1.68 bits per heavy atom.